The van der Waals surface area contributed by atoms with E-state index in [2.05, 4.69) is 26.0 Å². The largest absolute Gasteiger partial charge is 0.573 e. The normalized spacial score (nSPS) is 10.6. The minimum absolute atomic E-state index is 0.0476. The highest BCUT2D eigenvalue weighted by Crippen LogP contribution is 2.35. The average molecular weight is 323 g/mol. The van der Waals surface area contributed by atoms with Crippen molar-refractivity contribution in [3.8, 4) is 11.8 Å². The third-order valence-electron chi connectivity index (χ3n) is 1.70. The number of amides is 1. The second-order valence-electron chi connectivity index (χ2n) is 3.05. The minimum Gasteiger partial charge on any atom is -0.405 e. The Bertz CT molecular complexity index is 497. The van der Waals surface area contributed by atoms with Gasteiger partial charge in [-0.3, -0.25) is 4.79 Å². The molecule has 1 amide bonds. The number of anilines is 1. The molecule has 0 heterocycles. The fourth-order valence-corrected chi connectivity index (χ4v) is 1.52. The van der Waals surface area contributed by atoms with Crippen LogP contribution in [-0.4, -0.2) is 12.3 Å². The molecule has 0 aliphatic heterocycles. The van der Waals surface area contributed by atoms with Crippen LogP contribution in [0.4, 0.5) is 18.9 Å². The molecule has 0 spiro atoms. The Kier molecular flexibility index (Phi) is 4.55. The second-order valence-corrected chi connectivity index (χ2v) is 3.84. The predicted octanol–water partition coefficient (Wildman–Crippen LogP) is 3.20. The summed E-state index contributed by atoms with van der Waals surface area (Å²) in [5.74, 6) is -1.10. The lowest BCUT2D eigenvalue weighted by molar-refractivity contribution is -0.274. The van der Waals surface area contributed by atoms with Crippen molar-refractivity contribution in [3.05, 3.63) is 22.7 Å². The first-order valence-corrected chi connectivity index (χ1v) is 5.34. The summed E-state index contributed by atoms with van der Waals surface area (Å²) in [6.45, 7) is 0. The summed E-state index contributed by atoms with van der Waals surface area (Å²) < 4.78 is 39.9. The van der Waals surface area contributed by atoms with E-state index in [0.29, 0.717) is 0 Å². The molecule has 0 aliphatic rings. The monoisotopic (exact) mass is 322 g/mol. The van der Waals surface area contributed by atoms with Crippen LogP contribution in [0.3, 0.4) is 0 Å². The molecule has 0 unspecified atom stereocenters. The first kappa shape index (κ1) is 14.3. The van der Waals surface area contributed by atoms with E-state index < -0.39 is 24.4 Å². The Morgan fingerprint density at radius 3 is 2.72 bits per heavy atom. The topological polar surface area (TPSA) is 62.1 Å². The van der Waals surface area contributed by atoms with Gasteiger partial charge in [-0.05, 0) is 28.1 Å². The van der Waals surface area contributed by atoms with E-state index in [9.17, 15) is 18.0 Å². The lowest BCUT2D eigenvalue weighted by Gasteiger charge is -2.13. The lowest BCUT2D eigenvalue weighted by Crippen LogP contribution is -2.18. The number of rotatable bonds is 3. The zero-order chi connectivity index (χ0) is 13.8. The van der Waals surface area contributed by atoms with Crippen molar-refractivity contribution >= 4 is 27.5 Å². The summed E-state index contributed by atoms with van der Waals surface area (Å²) in [4.78, 5) is 11.1. The molecule has 8 heteroatoms. The fourth-order valence-electron chi connectivity index (χ4n) is 1.08. The van der Waals surface area contributed by atoms with E-state index in [0.717, 1.165) is 6.07 Å². The number of hydrogen-bond donors (Lipinski definition) is 1. The third-order valence-corrected chi connectivity index (χ3v) is 2.52. The van der Waals surface area contributed by atoms with Crippen LogP contribution in [0.5, 0.6) is 5.75 Å². The highest BCUT2D eigenvalue weighted by atomic mass is 79.9. The van der Waals surface area contributed by atoms with Crippen molar-refractivity contribution in [2.75, 3.05) is 5.32 Å². The fraction of sp³-hybridized carbons (Fsp3) is 0.200. The molecular formula is C10H6BrF3N2O2. The molecule has 1 aromatic carbocycles. The quantitative estimate of drug-likeness (QED) is 0.929. The van der Waals surface area contributed by atoms with Gasteiger partial charge in [0.1, 0.15) is 12.2 Å². The Morgan fingerprint density at radius 1 is 1.50 bits per heavy atom. The zero-order valence-electron chi connectivity index (χ0n) is 8.71. The van der Waals surface area contributed by atoms with Gasteiger partial charge in [0, 0.05) is 0 Å². The van der Waals surface area contributed by atoms with Gasteiger partial charge in [-0.1, -0.05) is 6.07 Å². The molecule has 0 fully saturated rings. The summed E-state index contributed by atoms with van der Waals surface area (Å²) in [6.07, 6.45) is -5.21. The number of benzene rings is 1. The SMILES string of the molecule is N#CCC(=O)Nc1cccc(OC(F)(F)F)c1Br. The Morgan fingerprint density at radius 2 is 2.17 bits per heavy atom. The Labute approximate surface area is 108 Å². The van der Waals surface area contributed by atoms with Crippen LogP contribution in [0, 0.1) is 11.3 Å². The smallest absolute Gasteiger partial charge is 0.405 e. The summed E-state index contributed by atoms with van der Waals surface area (Å²) in [6, 6.07) is 5.38. The molecule has 0 saturated carbocycles. The van der Waals surface area contributed by atoms with Crippen LogP contribution < -0.4 is 10.1 Å². The van der Waals surface area contributed by atoms with Gasteiger partial charge in [0.2, 0.25) is 5.91 Å². The predicted molar refractivity (Wildman–Crippen MR) is 59.7 cm³/mol. The lowest BCUT2D eigenvalue weighted by atomic mass is 10.3. The first-order chi connectivity index (χ1) is 8.33. The van der Waals surface area contributed by atoms with E-state index in [1.807, 2.05) is 0 Å². The van der Waals surface area contributed by atoms with E-state index in [-0.39, 0.29) is 10.2 Å². The van der Waals surface area contributed by atoms with Gasteiger partial charge < -0.3 is 10.1 Å². The van der Waals surface area contributed by atoms with Crippen LogP contribution >= 0.6 is 15.9 Å². The number of nitriles is 1. The summed E-state index contributed by atoms with van der Waals surface area (Å²) in [5, 5.41) is 10.6. The molecule has 1 N–H and O–H groups in total. The van der Waals surface area contributed by atoms with Crippen molar-refractivity contribution in [1.82, 2.24) is 0 Å². The zero-order valence-corrected chi connectivity index (χ0v) is 10.3. The van der Waals surface area contributed by atoms with Crippen LogP contribution in [0.1, 0.15) is 6.42 Å². The number of carbonyl (C=O) groups is 1. The standard InChI is InChI=1S/C10H6BrF3N2O2/c11-9-6(16-8(17)4-5-15)2-1-3-7(9)18-10(12,13)14/h1-3H,4H2,(H,16,17). The Balaban J connectivity index is 2.92. The number of alkyl halides is 3. The van der Waals surface area contributed by atoms with Gasteiger partial charge in [-0.15, -0.1) is 13.2 Å². The number of halogens is 4. The molecule has 18 heavy (non-hydrogen) atoms. The molecule has 0 radical (unpaired) electrons. The maximum Gasteiger partial charge on any atom is 0.573 e. The van der Waals surface area contributed by atoms with Gasteiger partial charge in [0.15, 0.2) is 0 Å². The van der Waals surface area contributed by atoms with Gasteiger partial charge in [0.25, 0.3) is 0 Å². The number of nitrogens with one attached hydrogen (secondary N) is 1. The molecule has 0 atom stereocenters. The number of ether oxygens (including phenoxy) is 1. The average Bonchev–Trinajstić information content (AvgIpc) is 2.22. The molecule has 1 rings (SSSR count). The van der Waals surface area contributed by atoms with E-state index in [1.165, 1.54) is 12.1 Å². The van der Waals surface area contributed by atoms with Crippen molar-refractivity contribution in [2.24, 2.45) is 0 Å². The van der Waals surface area contributed by atoms with Crippen molar-refractivity contribution in [2.45, 2.75) is 12.8 Å². The summed E-state index contributed by atoms with van der Waals surface area (Å²) >= 11 is 2.89. The highest BCUT2D eigenvalue weighted by molar-refractivity contribution is 9.10. The van der Waals surface area contributed by atoms with E-state index >= 15 is 0 Å². The van der Waals surface area contributed by atoms with E-state index in [4.69, 9.17) is 5.26 Å². The van der Waals surface area contributed by atoms with Crippen molar-refractivity contribution in [3.63, 3.8) is 0 Å². The van der Waals surface area contributed by atoms with Gasteiger partial charge in [-0.25, -0.2) is 0 Å². The van der Waals surface area contributed by atoms with Crippen LogP contribution in [0.25, 0.3) is 0 Å². The molecule has 0 bridgehead atoms. The highest BCUT2D eigenvalue weighted by Gasteiger charge is 2.32. The third kappa shape index (κ3) is 4.25. The van der Waals surface area contributed by atoms with Gasteiger partial charge >= 0.3 is 6.36 Å². The molecule has 1 aromatic rings. The number of carbonyl (C=O) groups excluding carboxylic acids is 1. The van der Waals surface area contributed by atoms with Crippen LogP contribution in [0.15, 0.2) is 22.7 Å². The number of hydrogen-bond acceptors (Lipinski definition) is 3. The molecule has 0 aromatic heterocycles. The molecular weight excluding hydrogens is 317 g/mol. The second kappa shape index (κ2) is 5.73. The van der Waals surface area contributed by atoms with Crippen LogP contribution in [-0.2, 0) is 4.79 Å². The van der Waals surface area contributed by atoms with Crippen molar-refractivity contribution in [1.29, 1.82) is 5.26 Å². The van der Waals surface area contributed by atoms with Crippen molar-refractivity contribution < 1.29 is 22.7 Å². The first-order valence-electron chi connectivity index (χ1n) is 4.54. The van der Waals surface area contributed by atoms with Gasteiger partial charge in [0.05, 0.1) is 16.2 Å². The Hall–Kier alpha value is -1.75. The molecule has 96 valence electrons. The molecule has 0 aliphatic carbocycles. The summed E-state index contributed by atoms with van der Waals surface area (Å²) in [5.41, 5.74) is 0.0944. The van der Waals surface area contributed by atoms with Gasteiger partial charge in [-0.2, -0.15) is 5.26 Å². The maximum absolute atomic E-state index is 12.1. The van der Waals surface area contributed by atoms with E-state index in [1.54, 1.807) is 6.07 Å². The maximum atomic E-state index is 12.1. The molecule has 0 saturated heterocycles. The molecule has 4 nitrogen and oxygen atoms in total. The minimum atomic E-state index is -4.82. The van der Waals surface area contributed by atoms with Crippen LogP contribution in [0.2, 0.25) is 0 Å². The summed E-state index contributed by atoms with van der Waals surface area (Å²) in [7, 11) is 0. The number of nitrogens with zero attached hydrogens (tertiary/aromatic N) is 1.